The minimum absolute atomic E-state index is 0.0231. The zero-order valence-corrected chi connectivity index (χ0v) is 29.2. The van der Waals surface area contributed by atoms with Gasteiger partial charge in [0.25, 0.3) is 11.8 Å². The van der Waals surface area contributed by atoms with E-state index >= 15 is 0 Å². The number of ketones is 1. The van der Waals surface area contributed by atoms with Crippen LogP contribution in [0.25, 0.3) is 0 Å². The van der Waals surface area contributed by atoms with Gasteiger partial charge in [0.2, 0.25) is 23.5 Å². The first kappa shape index (κ1) is 39.5. The van der Waals surface area contributed by atoms with E-state index in [0.29, 0.717) is 6.42 Å². The Balaban J connectivity index is 2.15. The topological polar surface area (TPSA) is 188 Å². The molecule has 2 rings (SSSR count). The van der Waals surface area contributed by atoms with Crippen molar-refractivity contribution >= 4 is 35.3 Å². The molecule has 5 amide bonds. The van der Waals surface area contributed by atoms with Gasteiger partial charge in [-0.3, -0.25) is 33.8 Å². The molecule has 0 aliphatic carbocycles. The summed E-state index contributed by atoms with van der Waals surface area (Å²) in [6.07, 6.45) is 5.03. The van der Waals surface area contributed by atoms with E-state index in [2.05, 4.69) is 36.6 Å². The largest absolute Gasteiger partial charge is 0.344 e. The Morgan fingerprint density at radius 2 is 1.25 bits per heavy atom. The molecule has 1 aromatic heterocycles. The average Bonchev–Trinajstić information content (AvgIpc) is 3.06. The minimum atomic E-state index is -1.11. The molecule has 1 heterocycles. The first-order chi connectivity index (χ1) is 22.7. The molecule has 262 valence electrons. The highest BCUT2D eigenvalue weighted by molar-refractivity contribution is 6.38. The van der Waals surface area contributed by atoms with Crippen LogP contribution in [0.1, 0.15) is 96.7 Å². The molecule has 2 aromatic rings. The number of hydrogen-bond donors (Lipinski definition) is 5. The molecule has 0 radical (unpaired) electrons. The lowest BCUT2D eigenvalue weighted by Gasteiger charge is -2.29. The predicted molar refractivity (Wildman–Crippen MR) is 181 cm³/mol. The molecule has 0 unspecified atom stereocenters. The average molecular weight is 666 g/mol. The second-order valence-electron chi connectivity index (χ2n) is 12.9. The van der Waals surface area contributed by atoms with E-state index in [1.165, 1.54) is 18.6 Å². The van der Waals surface area contributed by atoms with Crippen LogP contribution in [0.4, 0.5) is 0 Å². The van der Waals surface area contributed by atoms with Crippen molar-refractivity contribution in [3.8, 4) is 0 Å². The van der Waals surface area contributed by atoms with Gasteiger partial charge in [-0.15, -0.1) is 0 Å². The Morgan fingerprint density at radius 1 is 0.667 bits per heavy atom. The van der Waals surface area contributed by atoms with E-state index < -0.39 is 59.5 Å². The number of Topliss-reactive ketones (excluding diaryl/α,β-unsaturated/α-hetero) is 1. The molecule has 0 saturated carbocycles. The summed E-state index contributed by atoms with van der Waals surface area (Å²) in [4.78, 5) is 87.2. The molecule has 13 heteroatoms. The highest BCUT2D eigenvalue weighted by Gasteiger charge is 2.34. The van der Waals surface area contributed by atoms with Crippen molar-refractivity contribution in [2.45, 2.75) is 105 Å². The van der Waals surface area contributed by atoms with Crippen molar-refractivity contribution < 1.29 is 28.8 Å². The number of carbonyl (C=O) groups excluding carboxylic acids is 6. The zero-order valence-electron chi connectivity index (χ0n) is 29.2. The third kappa shape index (κ3) is 11.8. The maximum absolute atomic E-state index is 13.6. The third-order valence-electron chi connectivity index (χ3n) is 7.80. The van der Waals surface area contributed by atoms with Gasteiger partial charge in [0.05, 0.1) is 18.3 Å². The summed E-state index contributed by atoms with van der Waals surface area (Å²) in [5, 5.41) is 13.6. The maximum Gasteiger partial charge on any atom is 0.290 e. The van der Waals surface area contributed by atoms with Gasteiger partial charge in [0, 0.05) is 12.4 Å². The zero-order chi connectivity index (χ0) is 36.0. The molecule has 0 aliphatic rings. The van der Waals surface area contributed by atoms with Gasteiger partial charge in [0.15, 0.2) is 0 Å². The van der Waals surface area contributed by atoms with E-state index in [0.717, 1.165) is 5.56 Å². The summed E-state index contributed by atoms with van der Waals surface area (Å²) in [6, 6.07) is 4.72. The van der Waals surface area contributed by atoms with Gasteiger partial charge in [-0.2, -0.15) is 0 Å². The van der Waals surface area contributed by atoms with Crippen LogP contribution in [-0.4, -0.2) is 69.5 Å². The van der Waals surface area contributed by atoms with Crippen molar-refractivity contribution in [3.63, 3.8) is 0 Å². The Labute approximate surface area is 283 Å². The van der Waals surface area contributed by atoms with E-state index in [1.54, 1.807) is 34.6 Å². The number of nitrogens with one attached hydrogen (secondary N) is 5. The van der Waals surface area contributed by atoms with Crippen LogP contribution in [0.15, 0.2) is 48.9 Å². The summed E-state index contributed by atoms with van der Waals surface area (Å²) in [7, 11) is 0. The molecule has 0 fully saturated rings. The van der Waals surface area contributed by atoms with Crippen LogP contribution in [0.5, 0.6) is 0 Å². The van der Waals surface area contributed by atoms with E-state index in [9.17, 15) is 28.8 Å². The lowest BCUT2D eigenvalue weighted by molar-refractivity contribution is -0.141. The van der Waals surface area contributed by atoms with Crippen LogP contribution in [0, 0.1) is 17.8 Å². The minimum Gasteiger partial charge on any atom is -0.344 e. The van der Waals surface area contributed by atoms with Gasteiger partial charge >= 0.3 is 0 Å². The Kier molecular flexibility index (Phi) is 15.8. The summed E-state index contributed by atoms with van der Waals surface area (Å²) in [5.41, 5.74) is 0.900. The van der Waals surface area contributed by atoms with Gasteiger partial charge in [-0.25, -0.2) is 4.98 Å². The Hall–Kier alpha value is -4.68. The SMILES string of the molecule is CC[C@H](NC(=O)[C@H](CC(C)C)NC(=O)[C@@H](NC(=O)[C@@H](NC(=O)c1cnccn1)C(C)C)C(C)C)C(=O)C(=O)N[C@@H](CC)c1ccccc1. The fraction of sp³-hybridized carbons (Fsp3) is 0.543. The lowest BCUT2D eigenvalue weighted by atomic mass is 9.97. The van der Waals surface area contributed by atoms with Crippen LogP contribution in [0.3, 0.4) is 0 Å². The molecule has 1 aromatic carbocycles. The summed E-state index contributed by atoms with van der Waals surface area (Å²) >= 11 is 0. The molecular formula is C35H51N7O6. The molecule has 48 heavy (non-hydrogen) atoms. The first-order valence-corrected chi connectivity index (χ1v) is 16.6. The number of aromatic nitrogens is 2. The van der Waals surface area contributed by atoms with Crippen molar-refractivity contribution in [3.05, 3.63) is 60.2 Å². The number of benzene rings is 1. The number of nitrogens with zero attached hydrogens (tertiary/aromatic N) is 2. The molecule has 13 nitrogen and oxygen atoms in total. The summed E-state index contributed by atoms with van der Waals surface area (Å²) < 4.78 is 0. The highest BCUT2D eigenvalue weighted by Crippen LogP contribution is 2.16. The standard InChI is InChI=1S/C35H51N7O6/c1-9-24(23-14-12-11-13-15-23)38-35(48)30(43)25(10-2)39-31(44)26(18-20(3)4)40-33(46)28(21(5)6)42-34(47)29(22(7)8)41-32(45)27-19-36-16-17-37-27/h11-17,19-22,24-26,28-29H,9-10,18H2,1-8H3,(H,38,48)(H,39,44)(H,40,46)(H,41,45)(H,42,47)/t24-,25-,26-,28-,29-/m0/s1. The molecular weight excluding hydrogens is 614 g/mol. The molecule has 0 aliphatic heterocycles. The van der Waals surface area contributed by atoms with Crippen LogP contribution in [0.2, 0.25) is 0 Å². The number of amides is 5. The summed E-state index contributed by atoms with van der Waals surface area (Å²) in [5.74, 6) is -4.73. The number of carbonyl (C=O) groups is 6. The monoisotopic (exact) mass is 665 g/mol. The first-order valence-electron chi connectivity index (χ1n) is 16.6. The van der Waals surface area contributed by atoms with E-state index in [-0.39, 0.29) is 42.3 Å². The van der Waals surface area contributed by atoms with Crippen LogP contribution < -0.4 is 26.6 Å². The highest BCUT2D eigenvalue weighted by atomic mass is 16.2. The Bertz CT molecular complexity index is 1380. The normalized spacial score (nSPS) is 14.3. The van der Waals surface area contributed by atoms with Gasteiger partial charge in [-0.1, -0.05) is 85.7 Å². The molecule has 0 saturated heterocycles. The second-order valence-corrected chi connectivity index (χ2v) is 12.9. The van der Waals surface area contributed by atoms with Crippen molar-refractivity contribution in [2.75, 3.05) is 0 Å². The lowest BCUT2D eigenvalue weighted by Crippen LogP contribution is -2.60. The van der Waals surface area contributed by atoms with Crippen molar-refractivity contribution in [1.82, 2.24) is 36.6 Å². The fourth-order valence-electron chi connectivity index (χ4n) is 5.03. The van der Waals surface area contributed by atoms with Crippen LogP contribution >= 0.6 is 0 Å². The van der Waals surface area contributed by atoms with Crippen molar-refractivity contribution in [1.29, 1.82) is 0 Å². The van der Waals surface area contributed by atoms with Crippen LogP contribution in [-0.2, 0) is 24.0 Å². The van der Waals surface area contributed by atoms with Gasteiger partial charge < -0.3 is 26.6 Å². The third-order valence-corrected chi connectivity index (χ3v) is 7.80. The van der Waals surface area contributed by atoms with Gasteiger partial charge in [0.1, 0.15) is 23.8 Å². The molecule has 0 bridgehead atoms. The Morgan fingerprint density at radius 3 is 1.77 bits per heavy atom. The number of rotatable bonds is 18. The predicted octanol–water partition coefficient (Wildman–Crippen LogP) is 2.63. The second kappa shape index (κ2) is 19.2. The molecule has 5 N–H and O–H groups in total. The molecule has 0 spiro atoms. The molecule has 5 atom stereocenters. The maximum atomic E-state index is 13.6. The smallest absolute Gasteiger partial charge is 0.290 e. The number of hydrogen-bond acceptors (Lipinski definition) is 8. The van der Waals surface area contributed by atoms with Gasteiger partial charge in [-0.05, 0) is 42.6 Å². The van der Waals surface area contributed by atoms with E-state index in [4.69, 9.17) is 0 Å². The fourth-order valence-corrected chi connectivity index (χ4v) is 5.03. The van der Waals surface area contributed by atoms with Crippen molar-refractivity contribution in [2.24, 2.45) is 17.8 Å². The summed E-state index contributed by atoms with van der Waals surface area (Å²) in [6.45, 7) is 14.3. The van der Waals surface area contributed by atoms with E-state index in [1.807, 2.05) is 51.1 Å². The quantitative estimate of drug-likeness (QED) is 0.150.